The molecule has 140 valence electrons. The summed E-state index contributed by atoms with van der Waals surface area (Å²) in [4.78, 5) is 36.1. The summed E-state index contributed by atoms with van der Waals surface area (Å²) in [5.41, 5.74) is 0.0382. The van der Waals surface area contributed by atoms with E-state index in [1.54, 1.807) is 37.7 Å². The highest BCUT2D eigenvalue weighted by molar-refractivity contribution is 8.00. The smallest absolute Gasteiger partial charge is 0.323 e. The third-order valence-corrected chi connectivity index (χ3v) is 6.15. The van der Waals surface area contributed by atoms with Crippen molar-refractivity contribution >= 4 is 29.4 Å². The minimum atomic E-state index is -1.22. The lowest BCUT2D eigenvalue weighted by molar-refractivity contribution is -0.384. The molecule has 0 aromatic heterocycles. The Morgan fingerprint density at radius 1 is 1.08 bits per heavy atom. The third kappa shape index (κ3) is 4.00. The number of carbonyl (C=O) groups is 2. The Hall–Kier alpha value is -2.09. The zero-order valence-corrected chi connectivity index (χ0v) is 15.5. The molecule has 1 aromatic carbocycles. The number of benzene rings is 1. The van der Waals surface area contributed by atoms with Gasteiger partial charge >= 0.3 is 11.9 Å². The quantitative estimate of drug-likeness (QED) is 0.341. The first-order chi connectivity index (χ1) is 12.3. The molecule has 0 bridgehead atoms. The Morgan fingerprint density at radius 3 is 2.23 bits per heavy atom. The van der Waals surface area contributed by atoms with Crippen LogP contribution in [0, 0.1) is 22.0 Å². The lowest BCUT2D eigenvalue weighted by Gasteiger charge is -2.40. The van der Waals surface area contributed by atoms with Crippen molar-refractivity contribution in [2.24, 2.45) is 11.8 Å². The van der Waals surface area contributed by atoms with Crippen molar-refractivity contribution in [2.75, 3.05) is 0 Å². The third-order valence-electron chi connectivity index (χ3n) is 4.72. The van der Waals surface area contributed by atoms with Crippen molar-refractivity contribution in [3.8, 4) is 0 Å². The molecule has 1 heterocycles. The molecule has 1 saturated heterocycles. The lowest BCUT2D eigenvalue weighted by Crippen LogP contribution is -2.50. The van der Waals surface area contributed by atoms with Gasteiger partial charge in [-0.2, -0.15) is 0 Å². The van der Waals surface area contributed by atoms with Crippen LogP contribution in [0.5, 0.6) is 0 Å². The maximum atomic E-state index is 12.4. The number of ether oxygens (including phenoxy) is 2. The molecule has 1 aliphatic carbocycles. The van der Waals surface area contributed by atoms with Crippen LogP contribution in [-0.4, -0.2) is 27.9 Å². The number of carbonyl (C=O) groups excluding carboxylic acids is 2. The van der Waals surface area contributed by atoms with E-state index >= 15 is 0 Å². The van der Waals surface area contributed by atoms with E-state index in [9.17, 15) is 19.7 Å². The van der Waals surface area contributed by atoms with Crippen LogP contribution in [0.1, 0.15) is 39.5 Å². The molecule has 1 aliphatic heterocycles. The summed E-state index contributed by atoms with van der Waals surface area (Å²) in [6.45, 7) is 3.09. The highest BCUT2D eigenvalue weighted by Crippen LogP contribution is 2.43. The molecule has 0 N–H and O–H groups in total. The lowest BCUT2D eigenvalue weighted by atomic mass is 9.79. The number of cyclic esters (lactones) is 2. The van der Waals surface area contributed by atoms with Crippen molar-refractivity contribution in [1.82, 2.24) is 0 Å². The van der Waals surface area contributed by atoms with Crippen LogP contribution in [0.3, 0.4) is 0 Å². The number of esters is 2. The summed E-state index contributed by atoms with van der Waals surface area (Å²) in [5, 5.41) is 10.8. The van der Waals surface area contributed by atoms with Crippen LogP contribution in [-0.2, 0) is 19.1 Å². The van der Waals surface area contributed by atoms with Gasteiger partial charge in [0.2, 0.25) is 0 Å². The van der Waals surface area contributed by atoms with Crippen LogP contribution in [0.4, 0.5) is 5.69 Å². The molecule has 8 heteroatoms. The van der Waals surface area contributed by atoms with E-state index in [4.69, 9.17) is 9.47 Å². The van der Waals surface area contributed by atoms with Crippen molar-refractivity contribution in [3.05, 3.63) is 34.4 Å². The van der Waals surface area contributed by atoms with Gasteiger partial charge in [0.15, 0.2) is 5.92 Å². The zero-order chi connectivity index (χ0) is 18.9. The molecule has 2 aliphatic rings. The minimum absolute atomic E-state index is 0.0382. The van der Waals surface area contributed by atoms with Crippen LogP contribution in [0.25, 0.3) is 0 Å². The van der Waals surface area contributed by atoms with Gasteiger partial charge in [0.1, 0.15) is 0 Å². The summed E-state index contributed by atoms with van der Waals surface area (Å²) >= 11 is 1.55. The highest BCUT2D eigenvalue weighted by Gasteiger charge is 2.49. The Morgan fingerprint density at radius 2 is 1.65 bits per heavy atom. The number of hydrogen-bond acceptors (Lipinski definition) is 7. The Labute approximate surface area is 155 Å². The first-order valence-corrected chi connectivity index (χ1v) is 9.51. The maximum Gasteiger partial charge on any atom is 0.323 e. The van der Waals surface area contributed by atoms with Gasteiger partial charge in [-0.3, -0.25) is 19.7 Å². The van der Waals surface area contributed by atoms with E-state index in [2.05, 4.69) is 0 Å². The van der Waals surface area contributed by atoms with Crippen molar-refractivity contribution in [1.29, 1.82) is 0 Å². The van der Waals surface area contributed by atoms with Gasteiger partial charge in [-0.25, -0.2) is 0 Å². The number of nitro groups is 1. The molecule has 0 spiro atoms. The summed E-state index contributed by atoms with van der Waals surface area (Å²) in [6, 6.07) is 6.34. The van der Waals surface area contributed by atoms with Crippen LogP contribution >= 0.6 is 11.8 Å². The zero-order valence-electron chi connectivity index (χ0n) is 14.7. The van der Waals surface area contributed by atoms with Gasteiger partial charge in [0, 0.05) is 36.1 Å². The van der Waals surface area contributed by atoms with Crippen LogP contribution in [0.15, 0.2) is 29.2 Å². The SMILES string of the molecule is CC1(C)OC(=O)C([C@H]2CCCC[C@@H]2Sc2ccc([N+](=O)[O-])cc2)C(=O)O1. The van der Waals surface area contributed by atoms with E-state index in [-0.39, 0.29) is 16.9 Å². The van der Waals surface area contributed by atoms with Crippen molar-refractivity contribution in [2.45, 2.75) is 55.5 Å². The monoisotopic (exact) mass is 379 g/mol. The molecular formula is C18H21NO6S. The molecule has 2 fully saturated rings. The Kier molecular flexibility index (Phi) is 5.22. The van der Waals surface area contributed by atoms with E-state index < -0.39 is 28.6 Å². The molecular weight excluding hydrogens is 358 g/mol. The van der Waals surface area contributed by atoms with Gasteiger partial charge in [0.25, 0.3) is 11.5 Å². The number of nitrogens with zero attached hydrogens (tertiary/aromatic N) is 1. The molecule has 0 unspecified atom stereocenters. The fraction of sp³-hybridized carbons (Fsp3) is 0.556. The molecule has 3 rings (SSSR count). The highest BCUT2D eigenvalue weighted by atomic mass is 32.2. The maximum absolute atomic E-state index is 12.4. The number of rotatable bonds is 4. The predicted octanol–water partition coefficient (Wildman–Crippen LogP) is 3.70. The summed E-state index contributed by atoms with van der Waals surface area (Å²) < 4.78 is 10.6. The van der Waals surface area contributed by atoms with Gasteiger partial charge in [-0.1, -0.05) is 12.8 Å². The second-order valence-electron chi connectivity index (χ2n) is 7.08. The van der Waals surface area contributed by atoms with Gasteiger partial charge in [-0.05, 0) is 30.9 Å². The second-order valence-corrected chi connectivity index (χ2v) is 8.39. The number of nitro benzene ring substituents is 1. The first kappa shape index (κ1) is 18.7. The number of non-ortho nitro benzene ring substituents is 1. The van der Waals surface area contributed by atoms with Gasteiger partial charge < -0.3 is 9.47 Å². The molecule has 2 atom stereocenters. The minimum Gasteiger partial charge on any atom is -0.422 e. The molecule has 26 heavy (non-hydrogen) atoms. The molecule has 7 nitrogen and oxygen atoms in total. The Balaban J connectivity index is 1.76. The molecule has 1 aromatic rings. The fourth-order valence-corrected chi connectivity index (χ4v) is 4.95. The van der Waals surface area contributed by atoms with Crippen LogP contribution < -0.4 is 0 Å². The summed E-state index contributed by atoms with van der Waals surface area (Å²) in [5.74, 6) is -3.33. The molecule has 0 radical (unpaired) electrons. The van der Waals surface area contributed by atoms with Gasteiger partial charge in [0.05, 0.1) is 4.92 Å². The largest absolute Gasteiger partial charge is 0.422 e. The molecule has 0 amide bonds. The Bertz CT molecular complexity index is 697. The normalized spacial score (nSPS) is 26.1. The first-order valence-electron chi connectivity index (χ1n) is 8.64. The van der Waals surface area contributed by atoms with E-state index in [0.717, 1.165) is 30.6 Å². The summed E-state index contributed by atoms with van der Waals surface area (Å²) in [6.07, 6.45) is 3.58. The topological polar surface area (TPSA) is 95.7 Å². The van der Waals surface area contributed by atoms with E-state index in [0.29, 0.717) is 0 Å². The van der Waals surface area contributed by atoms with Crippen LogP contribution in [0.2, 0.25) is 0 Å². The second kappa shape index (κ2) is 7.26. The summed E-state index contributed by atoms with van der Waals surface area (Å²) in [7, 11) is 0. The average molecular weight is 379 g/mol. The van der Waals surface area contributed by atoms with E-state index in [1.807, 2.05) is 0 Å². The standard InChI is InChI=1S/C18H21NO6S/c1-18(2)24-16(20)15(17(21)25-18)13-5-3-4-6-14(13)26-12-9-7-11(8-10-12)19(22)23/h7-10,13-15H,3-6H2,1-2H3/t13-,14-/m0/s1. The van der Waals surface area contributed by atoms with Gasteiger partial charge in [-0.15, -0.1) is 11.8 Å². The molecule has 1 saturated carbocycles. The average Bonchev–Trinajstić information content (AvgIpc) is 2.55. The van der Waals surface area contributed by atoms with Crippen molar-refractivity contribution in [3.63, 3.8) is 0 Å². The predicted molar refractivity (Wildman–Crippen MR) is 94.5 cm³/mol. The van der Waals surface area contributed by atoms with E-state index in [1.165, 1.54) is 12.1 Å². The van der Waals surface area contributed by atoms with Crippen molar-refractivity contribution < 1.29 is 24.0 Å². The fourth-order valence-electron chi connectivity index (χ4n) is 3.55. The number of thioether (sulfide) groups is 1. The number of hydrogen-bond donors (Lipinski definition) is 0.